The predicted octanol–water partition coefficient (Wildman–Crippen LogP) is 5.46. The molecule has 154 valence electrons. The quantitative estimate of drug-likeness (QED) is 0.380. The van der Waals surface area contributed by atoms with Crippen molar-refractivity contribution >= 4 is 22.6 Å². The maximum atomic E-state index is 14.2. The van der Waals surface area contributed by atoms with Crippen molar-refractivity contribution in [2.75, 3.05) is 0 Å². The van der Waals surface area contributed by atoms with Crippen LogP contribution in [-0.4, -0.2) is 15.1 Å². The van der Waals surface area contributed by atoms with Crippen LogP contribution in [0.1, 0.15) is 11.3 Å². The molecule has 0 unspecified atom stereocenters. The summed E-state index contributed by atoms with van der Waals surface area (Å²) in [5.41, 5.74) is 3.99. The molecule has 5 nitrogen and oxygen atoms in total. The fourth-order valence-electron chi connectivity index (χ4n) is 3.52. The number of hydrogen-bond donors (Lipinski definition) is 1. The second-order valence-electron chi connectivity index (χ2n) is 7.25. The molecule has 31 heavy (non-hydrogen) atoms. The normalized spacial score (nSPS) is 11.4. The molecule has 8 heteroatoms. The van der Waals surface area contributed by atoms with Gasteiger partial charge in [0, 0.05) is 22.2 Å². The van der Waals surface area contributed by atoms with E-state index < -0.39 is 11.6 Å². The largest absolute Gasteiger partial charge is 0.354 e. The lowest BCUT2D eigenvalue weighted by Gasteiger charge is -1.99. The molecule has 3 aromatic heterocycles. The van der Waals surface area contributed by atoms with Crippen molar-refractivity contribution in [3.63, 3.8) is 0 Å². The summed E-state index contributed by atoms with van der Waals surface area (Å²) in [5.74, 6) is -0.891. The van der Waals surface area contributed by atoms with Crippen molar-refractivity contribution in [3.05, 3.63) is 88.9 Å². The highest BCUT2D eigenvalue weighted by Crippen LogP contribution is 2.25. The van der Waals surface area contributed by atoms with Crippen molar-refractivity contribution in [2.24, 2.45) is 0 Å². The minimum Gasteiger partial charge on any atom is -0.354 e. The van der Waals surface area contributed by atoms with E-state index in [0.717, 1.165) is 22.9 Å². The topological polar surface area (TPSA) is 58.6 Å². The smallest absolute Gasteiger partial charge is 0.208 e. The van der Waals surface area contributed by atoms with E-state index in [4.69, 9.17) is 16.1 Å². The summed E-state index contributed by atoms with van der Waals surface area (Å²) >= 11 is 5.94. The maximum Gasteiger partial charge on any atom is 0.208 e. The number of aromatic amines is 1. The number of aryl methyl sites for hydroxylation is 1. The van der Waals surface area contributed by atoms with Gasteiger partial charge in [0.05, 0.1) is 5.56 Å². The van der Waals surface area contributed by atoms with Crippen LogP contribution in [0.5, 0.6) is 0 Å². The van der Waals surface area contributed by atoms with Crippen molar-refractivity contribution in [2.45, 2.75) is 13.5 Å². The highest BCUT2D eigenvalue weighted by molar-refractivity contribution is 6.30. The van der Waals surface area contributed by atoms with Crippen LogP contribution in [0.15, 0.2) is 65.4 Å². The third-order valence-corrected chi connectivity index (χ3v) is 5.26. The molecule has 0 saturated carbocycles. The standard InChI is InChI=1S/C23H15ClF2N4O/c1-13-10-30(11-16-9-19(29-31-16)14-5-7-15(24)8-6-14)12-20-22(13)28-23(27-20)17-3-2-4-18(25)21(17)26/h2-10,12H,11H2,1H3/p+1. The number of hydrogen-bond acceptors (Lipinski definition) is 3. The summed E-state index contributed by atoms with van der Waals surface area (Å²) < 4.78 is 35.2. The Kier molecular flexibility index (Phi) is 4.75. The Labute approximate surface area is 180 Å². The fourth-order valence-corrected chi connectivity index (χ4v) is 3.65. The van der Waals surface area contributed by atoms with Gasteiger partial charge in [0.1, 0.15) is 22.6 Å². The van der Waals surface area contributed by atoms with Gasteiger partial charge in [0.15, 0.2) is 24.0 Å². The summed E-state index contributed by atoms with van der Waals surface area (Å²) in [7, 11) is 0. The number of pyridine rings is 1. The van der Waals surface area contributed by atoms with Gasteiger partial charge in [-0.2, -0.15) is 4.57 Å². The van der Waals surface area contributed by atoms with Crippen molar-refractivity contribution in [3.8, 4) is 22.6 Å². The van der Waals surface area contributed by atoms with Gasteiger partial charge in [-0.05, 0) is 31.2 Å². The van der Waals surface area contributed by atoms with Gasteiger partial charge < -0.3 is 9.51 Å². The Hall–Kier alpha value is -3.58. The minimum atomic E-state index is -0.927. The van der Waals surface area contributed by atoms with Crippen LogP contribution in [0.3, 0.4) is 0 Å². The summed E-state index contributed by atoms with van der Waals surface area (Å²) in [6.45, 7) is 2.35. The van der Waals surface area contributed by atoms with Crippen LogP contribution in [-0.2, 0) is 6.54 Å². The molecule has 0 bridgehead atoms. The summed E-state index contributed by atoms with van der Waals surface area (Å²) in [6, 6.07) is 13.3. The number of nitrogens with zero attached hydrogens (tertiary/aromatic N) is 3. The third kappa shape index (κ3) is 3.68. The van der Waals surface area contributed by atoms with Gasteiger partial charge in [-0.3, -0.25) is 0 Å². The van der Waals surface area contributed by atoms with Crippen molar-refractivity contribution in [1.29, 1.82) is 0 Å². The molecule has 0 radical (unpaired) electrons. The van der Waals surface area contributed by atoms with Gasteiger partial charge in [0.2, 0.25) is 12.3 Å². The van der Waals surface area contributed by atoms with Gasteiger partial charge >= 0.3 is 0 Å². The van der Waals surface area contributed by atoms with E-state index in [0.29, 0.717) is 28.4 Å². The van der Waals surface area contributed by atoms with Crippen LogP contribution in [0.25, 0.3) is 33.7 Å². The monoisotopic (exact) mass is 437 g/mol. The molecule has 0 atom stereocenters. The van der Waals surface area contributed by atoms with E-state index in [1.165, 1.54) is 12.1 Å². The second kappa shape index (κ2) is 7.59. The number of benzene rings is 2. The summed E-state index contributed by atoms with van der Waals surface area (Å²) in [5, 5.41) is 4.79. The number of fused-ring (bicyclic) bond motifs is 1. The Morgan fingerprint density at radius 2 is 1.90 bits per heavy atom. The SMILES string of the molecule is Cc1c[n+](Cc2cc(-c3ccc(Cl)cc3)no2)cc2[nH]c(-c3cccc(F)c3F)nc12. The predicted molar refractivity (Wildman–Crippen MR) is 112 cm³/mol. The molecular weight excluding hydrogens is 422 g/mol. The van der Waals surface area contributed by atoms with Crippen molar-refractivity contribution in [1.82, 2.24) is 15.1 Å². The molecule has 1 N–H and O–H groups in total. The molecule has 0 spiro atoms. The number of nitrogens with one attached hydrogen (secondary N) is 1. The molecule has 5 rings (SSSR count). The molecule has 0 fully saturated rings. The summed E-state index contributed by atoms with van der Waals surface area (Å²) in [6.07, 6.45) is 3.76. The molecule has 0 aliphatic heterocycles. The zero-order valence-corrected chi connectivity index (χ0v) is 17.1. The average Bonchev–Trinajstić information content (AvgIpc) is 3.38. The van der Waals surface area contributed by atoms with E-state index >= 15 is 0 Å². The van der Waals surface area contributed by atoms with Gasteiger partial charge in [-0.25, -0.2) is 13.8 Å². The molecule has 0 aliphatic carbocycles. The number of imidazole rings is 1. The van der Waals surface area contributed by atoms with E-state index in [1.807, 2.05) is 42.1 Å². The van der Waals surface area contributed by atoms with Gasteiger partial charge in [-0.15, -0.1) is 0 Å². The molecule has 3 heterocycles. The maximum absolute atomic E-state index is 14.2. The summed E-state index contributed by atoms with van der Waals surface area (Å²) in [4.78, 5) is 7.55. The molecular formula is C23H16ClF2N4O+. The molecule has 0 aliphatic rings. The number of aromatic nitrogens is 4. The third-order valence-electron chi connectivity index (χ3n) is 5.00. The zero-order valence-electron chi connectivity index (χ0n) is 16.4. The zero-order chi connectivity index (χ0) is 21.5. The number of halogens is 3. The lowest BCUT2D eigenvalue weighted by atomic mass is 10.1. The molecule has 5 aromatic rings. The average molecular weight is 438 g/mol. The Balaban J connectivity index is 1.46. The highest BCUT2D eigenvalue weighted by atomic mass is 35.5. The van der Waals surface area contributed by atoms with E-state index in [9.17, 15) is 8.78 Å². The van der Waals surface area contributed by atoms with Crippen LogP contribution in [0, 0.1) is 18.6 Å². The first-order valence-electron chi connectivity index (χ1n) is 9.53. The lowest BCUT2D eigenvalue weighted by Crippen LogP contribution is -2.33. The lowest BCUT2D eigenvalue weighted by molar-refractivity contribution is -0.689. The number of H-pyrrole nitrogens is 1. The Morgan fingerprint density at radius 1 is 1.10 bits per heavy atom. The van der Waals surface area contributed by atoms with E-state index in [2.05, 4.69) is 15.1 Å². The van der Waals surface area contributed by atoms with E-state index in [-0.39, 0.29) is 11.4 Å². The minimum absolute atomic E-state index is 0.0880. The van der Waals surface area contributed by atoms with E-state index in [1.54, 1.807) is 12.1 Å². The highest BCUT2D eigenvalue weighted by Gasteiger charge is 2.18. The van der Waals surface area contributed by atoms with Gasteiger partial charge in [-0.1, -0.05) is 35.0 Å². The first-order valence-corrected chi connectivity index (χ1v) is 9.91. The Bertz CT molecular complexity index is 1410. The molecule has 0 amide bonds. The molecule has 2 aromatic carbocycles. The first-order chi connectivity index (χ1) is 15.0. The van der Waals surface area contributed by atoms with Crippen molar-refractivity contribution < 1.29 is 17.9 Å². The number of rotatable bonds is 4. The first kappa shape index (κ1) is 19.4. The van der Waals surface area contributed by atoms with Crippen LogP contribution < -0.4 is 4.57 Å². The molecule has 0 saturated heterocycles. The van der Waals surface area contributed by atoms with Crippen LogP contribution >= 0.6 is 11.6 Å². The van der Waals surface area contributed by atoms with Crippen LogP contribution in [0.2, 0.25) is 5.02 Å². The van der Waals surface area contributed by atoms with Crippen LogP contribution in [0.4, 0.5) is 8.78 Å². The Morgan fingerprint density at radius 3 is 2.71 bits per heavy atom. The van der Waals surface area contributed by atoms with Gasteiger partial charge in [0.25, 0.3) is 0 Å². The second-order valence-corrected chi connectivity index (χ2v) is 7.68. The fraction of sp³-hybridized carbons (Fsp3) is 0.0870.